The molecule has 0 saturated carbocycles. The SMILES string of the molecule is CC(OC(=O)c1ccc(COCC(F)(F)F)cc1)C(=O)c1ccccc1. The van der Waals surface area contributed by atoms with Crippen LogP contribution in [0.1, 0.15) is 33.2 Å². The van der Waals surface area contributed by atoms with Gasteiger partial charge in [-0.15, -0.1) is 0 Å². The smallest absolute Gasteiger partial charge is 0.411 e. The molecule has 2 aromatic rings. The summed E-state index contributed by atoms with van der Waals surface area (Å²) in [4.78, 5) is 24.3. The van der Waals surface area contributed by atoms with E-state index < -0.39 is 24.9 Å². The maximum atomic E-state index is 12.2. The van der Waals surface area contributed by atoms with Gasteiger partial charge in [0.05, 0.1) is 12.2 Å². The molecular weight excluding hydrogens is 349 g/mol. The van der Waals surface area contributed by atoms with Crippen molar-refractivity contribution >= 4 is 11.8 Å². The first-order valence-electron chi connectivity index (χ1n) is 7.80. The summed E-state index contributed by atoms with van der Waals surface area (Å²) in [7, 11) is 0. The van der Waals surface area contributed by atoms with E-state index in [1.54, 1.807) is 30.3 Å². The molecule has 0 saturated heterocycles. The molecule has 0 aliphatic heterocycles. The second-order valence-corrected chi connectivity index (χ2v) is 5.58. The molecule has 2 aromatic carbocycles. The van der Waals surface area contributed by atoms with Crippen LogP contribution in [-0.2, 0) is 16.1 Å². The Morgan fingerprint density at radius 1 is 0.962 bits per heavy atom. The summed E-state index contributed by atoms with van der Waals surface area (Å²) < 4.78 is 45.8. The molecule has 0 fully saturated rings. The van der Waals surface area contributed by atoms with Crippen molar-refractivity contribution in [2.75, 3.05) is 6.61 Å². The van der Waals surface area contributed by atoms with Gasteiger partial charge in [0.25, 0.3) is 0 Å². The number of hydrogen-bond acceptors (Lipinski definition) is 4. The Bertz CT molecular complexity index is 740. The summed E-state index contributed by atoms with van der Waals surface area (Å²) >= 11 is 0. The van der Waals surface area contributed by atoms with Gasteiger partial charge in [0.1, 0.15) is 6.61 Å². The molecule has 0 bridgehead atoms. The minimum absolute atomic E-state index is 0.192. The van der Waals surface area contributed by atoms with E-state index in [1.807, 2.05) is 0 Å². The molecule has 0 aromatic heterocycles. The highest BCUT2D eigenvalue weighted by Gasteiger charge is 2.27. The van der Waals surface area contributed by atoms with Gasteiger partial charge in [-0.3, -0.25) is 4.79 Å². The van der Waals surface area contributed by atoms with Gasteiger partial charge in [-0.2, -0.15) is 13.2 Å². The molecule has 138 valence electrons. The molecular formula is C19H17F3O4. The van der Waals surface area contributed by atoms with Crippen molar-refractivity contribution in [1.29, 1.82) is 0 Å². The van der Waals surface area contributed by atoms with Gasteiger partial charge in [-0.25, -0.2) is 4.79 Å². The lowest BCUT2D eigenvalue weighted by Crippen LogP contribution is -2.24. The molecule has 1 unspecified atom stereocenters. The van der Waals surface area contributed by atoms with E-state index in [0.717, 1.165) is 0 Å². The topological polar surface area (TPSA) is 52.6 Å². The number of benzene rings is 2. The highest BCUT2D eigenvalue weighted by atomic mass is 19.4. The van der Waals surface area contributed by atoms with Crippen LogP contribution in [-0.4, -0.2) is 30.6 Å². The molecule has 0 spiro atoms. The average molecular weight is 366 g/mol. The van der Waals surface area contributed by atoms with Crippen LogP contribution in [0.2, 0.25) is 0 Å². The maximum absolute atomic E-state index is 12.2. The number of carbonyl (C=O) groups excluding carboxylic acids is 2. The minimum Gasteiger partial charge on any atom is -0.451 e. The second-order valence-electron chi connectivity index (χ2n) is 5.58. The first-order chi connectivity index (χ1) is 12.3. The molecule has 0 aliphatic carbocycles. The normalized spacial score (nSPS) is 12.5. The standard InChI is InChI=1S/C19H17F3O4/c1-13(17(23)15-5-3-2-4-6-15)26-18(24)16-9-7-14(8-10-16)11-25-12-19(20,21)22/h2-10,13H,11-12H2,1H3. The fraction of sp³-hybridized carbons (Fsp3) is 0.263. The molecule has 26 heavy (non-hydrogen) atoms. The van der Waals surface area contributed by atoms with Crippen LogP contribution in [0.15, 0.2) is 54.6 Å². The third-order valence-electron chi connectivity index (χ3n) is 3.44. The van der Waals surface area contributed by atoms with Crippen molar-refractivity contribution in [2.45, 2.75) is 25.8 Å². The van der Waals surface area contributed by atoms with Crippen LogP contribution in [0.3, 0.4) is 0 Å². The van der Waals surface area contributed by atoms with E-state index in [0.29, 0.717) is 11.1 Å². The molecule has 0 aliphatic rings. The number of rotatable bonds is 7. The van der Waals surface area contributed by atoms with Crippen LogP contribution < -0.4 is 0 Å². The summed E-state index contributed by atoms with van der Waals surface area (Å²) in [5.41, 5.74) is 1.11. The third-order valence-corrected chi connectivity index (χ3v) is 3.44. The third kappa shape index (κ3) is 6.00. The number of esters is 1. The monoisotopic (exact) mass is 366 g/mol. The van der Waals surface area contributed by atoms with Gasteiger partial charge in [0.2, 0.25) is 5.78 Å². The molecule has 0 amide bonds. The second kappa shape index (κ2) is 8.62. The van der Waals surface area contributed by atoms with Gasteiger partial charge >= 0.3 is 12.1 Å². The number of ether oxygens (including phenoxy) is 2. The van der Waals surface area contributed by atoms with Gasteiger partial charge < -0.3 is 9.47 Å². The molecule has 0 N–H and O–H groups in total. The van der Waals surface area contributed by atoms with Crippen LogP contribution in [0.25, 0.3) is 0 Å². The van der Waals surface area contributed by atoms with E-state index in [9.17, 15) is 22.8 Å². The predicted molar refractivity (Wildman–Crippen MR) is 87.8 cm³/mol. The van der Waals surface area contributed by atoms with E-state index in [4.69, 9.17) is 4.74 Å². The molecule has 2 rings (SSSR count). The zero-order valence-corrected chi connectivity index (χ0v) is 14.0. The Labute approximate surface area is 148 Å². The fourth-order valence-corrected chi connectivity index (χ4v) is 2.14. The first-order valence-corrected chi connectivity index (χ1v) is 7.80. The Hall–Kier alpha value is -2.67. The summed E-state index contributed by atoms with van der Waals surface area (Å²) in [6.07, 6.45) is -5.34. The largest absolute Gasteiger partial charge is 0.451 e. The van der Waals surface area contributed by atoms with Gasteiger partial charge in [-0.05, 0) is 24.6 Å². The lowest BCUT2D eigenvalue weighted by atomic mass is 10.1. The van der Waals surface area contributed by atoms with E-state index in [-0.39, 0.29) is 18.0 Å². The summed E-state index contributed by atoms with van der Waals surface area (Å²) in [6.45, 7) is -0.0831. The lowest BCUT2D eigenvalue weighted by molar-refractivity contribution is -0.176. The Kier molecular flexibility index (Phi) is 6.52. The summed E-state index contributed by atoms with van der Waals surface area (Å²) in [6, 6.07) is 14.2. The molecule has 7 heteroatoms. The summed E-state index contributed by atoms with van der Waals surface area (Å²) in [5, 5.41) is 0. The van der Waals surface area contributed by atoms with E-state index in [1.165, 1.54) is 31.2 Å². The quantitative estimate of drug-likeness (QED) is 0.545. The Balaban J connectivity index is 1.90. The van der Waals surface area contributed by atoms with E-state index >= 15 is 0 Å². The van der Waals surface area contributed by atoms with Crippen molar-refractivity contribution in [3.8, 4) is 0 Å². The minimum atomic E-state index is -4.38. The molecule has 0 heterocycles. The number of carbonyl (C=O) groups is 2. The van der Waals surface area contributed by atoms with Gasteiger partial charge in [0.15, 0.2) is 6.10 Å². The highest BCUT2D eigenvalue weighted by Crippen LogP contribution is 2.16. The Morgan fingerprint density at radius 2 is 1.58 bits per heavy atom. The van der Waals surface area contributed by atoms with Crippen molar-refractivity contribution in [3.63, 3.8) is 0 Å². The zero-order chi connectivity index (χ0) is 19.2. The average Bonchev–Trinajstić information content (AvgIpc) is 2.61. The number of Topliss-reactive ketones (excluding diaryl/α,β-unsaturated/α-hetero) is 1. The van der Waals surface area contributed by atoms with Crippen molar-refractivity contribution in [3.05, 3.63) is 71.3 Å². The number of alkyl halides is 3. The number of ketones is 1. The molecule has 0 radical (unpaired) electrons. The maximum Gasteiger partial charge on any atom is 0.411 e. The van der Waals surface area contributed by atoms with Crippen molar-refractivity contribution in [1.82, 2.24) is 0 Å². The molecule has 1 atom stereocenters. The first kappa shape index (κ1) is 19.7. The lowest BCUT2D eigenvalue weighted by Gasteiger charge is -2.13. The highest BCUT2D eigenvalue weighted by molar-refractivity contribution is 6.01. The van der Waals surface area contributed by atoms with Crippen molar-refractivity contribution in [2.24, 2.45) is 0 Å². The van der Waals surface area contributed by atoms with Gasteiger partial charge in [-0.1, -0.05) is 42.5 Å². The molecule has 4 nitrogen and oxygen atoms in total. The van der Waals surface area contributed by atoms with Crippen LogP contribution >= 0.6 is 0 Å². The fourth-order valence-electron chi connectivity index (χ4n) is 2.14. The van der Waals surface area contributed by atoms with Crippen LogP contribution in [0, 0.1) is 0 Å². The summed E-state index contributed by atoms with van der Waals surface area (Å²) in [5.74, 6) is -1.01. The van der Waals surface area contributed by atoms with Gasteiger partial charge in [0, 0.05) is 5.56 Å². The number of hydrogen-bond donors (Lipinski definition) is 0. The Morgan fingerprint density at radius 3 is 2.15 bits per heavy atom. The van der Waals surface area contributed by atoms with Crippen LogP contribution in [0.4, 0.5) is 13.2 Å². The predicted octanol–water partition coefficient (Wildman–Crippen LogP) is 4.19. The van der Waals surface area contributed by atoms with E-state index in [2.05, 4.69) is 4.74 Å². The van der Waals surface area contributed by atoms with Crippen LogP contribution in [0.5, 0.6) is 0 Å². The van der Waals surface area contributed by atoms with Crippen molar-refractivity contribution < 1.29 is 32.2 Å². The number of halogens is 3. The zero-order valence-electron chi connectivity index (χ0n) is 14.0.